The van der Waals surface area contributed by atoms with Crippen molar-refractivity contribution in [2.45, 2.75) is 45.6 Å². The highest BCUT2D eigenvalue weighted by molar-refractivity contribution is 5.70. The molecule has 1 rings (SSSR count). The van der Waals surface area contributed by atoms with Crippen LogP contribution in [0, 0.1) is 0 Å². The zero-order valence-electron chi connectivity index (χ0n) is 9.29. The zero-order valence-corrected chi connectivity index (χ0v) is 9.29. The molecule has 14 heavy (non-hydrogen) atoms. The average Bonchev–Trinajstić information content (AvgIpc) is 2.67. The molecule has 0 bridgehead atoms. The molecule has 1 fully saturated rings. The van der Waals surface area contributed by atoms with Crippen LogP contribution in [0.4, 0.5) is 0 Å². The van der Waals surface area contributed by atoms with Crippen molar-refractivity contribution in [2.24, 2.45) is 0 Å². The van der Waals surface area contributed by atoms with Crippen LogP contribution >= 0.6 is 0 Å². The molecular weight excluding hydrogens is 178 g/mol. The molecule has 1 atom stereocenters. The second kappa shape index (κ2) is 6.02. The Balaban J connectivity index is 2.33. The van der Waals surface area contributed by atoms with Gasteiger partial charge < -0.3 is 4.74 Å². The van der Waals surface area contributed by atoms with Gasteiger partial charge in [0.25, 0.3) is 0 Å². The van der Waals surface area contributed by atoms with Gasteiger partial charge in [-0.1, -0.05) is 6.92 Å². The van der Waals surface area contributed by atoms with Gasteiger partial charge in [0.1, 0.15) is 0 Å². The van der Waals surface area contributed by atoms with Crippen LogP contribution in [0.5, 0.6) is 0 Å². The molecule has 1 unspecified atom stereocenters. The van der Waals surface area contributed by atoms with Crippen LogP contribution in [0.2, 0.25) is 0 Å². The Labute approximate surface area is 86.4 Å². The van der Waals surface area contributed by atoms with Gasteiger partial charge in [-0.05, 0) is 39.3 Å². The number of nitrogens with zero attached hydrogens (tertiary/aromatic N) is 1. The van der Waals surface area contributed by atoms with E-state index in [4.69, 9.17) is 4.74 Å². The Morgan fingerprint density at radius 1 is 1.36 bits per heavy atom. The largest absolute Gasteiger partial charge is 0.466 e. The maximum atomic E-state index is 11.3. The fourth-order valence-electron chi connectivity index (χ4n) is 2.05. The zero-order chi connectivity index (χ0) is 10.4. The lowest BCUT2D eigenvalue weighted by Gasteiger charge is -2.25. The molecule has 3 nitrogen and oxygen atoms in total. The van der Waals surface area contributed by atoms with Crippen LogP contribution in [0.3, 0.4) is 0 Å². The molecule has 0 aromatic rings. The van der Waals surface area contributed by atoms with E-state index in [1.165, 1.54) is 12.8 Å². The van der Waals surface area contributed by atoms with E-state index in [1.54, 1.807) is 0 Å². The summed E-state index contributed by atoms with van der Waals surface area (Å²) in [5.74, 6) is -0.0498. The minimum Gasteiger partial charge on any atom is -0.466 e. The highest BCUT2D eigenvalue weighted by atomic mass is 16.5. The minimum absolute atomic E-state index is 0.0498. The van der Waals surface area contributed by atoms with Crippen molar-refractivity contribution >= 4 is 5.97 Å². The Kier molecular flexibility index (Phi) is 4.94. The highest BCUT2D eigenvalue weighted by Gasteiger charge is 2.22. The molecular formula is C11H21NO2. The average molecular weight is 199 g/mol. The molecule has 0 aromatic heterocycles. The van der Waals surface area contributed by atoms with Crippen molar-refractivity contribution in [1.82, 2.24) is 4.90 Å². The van der Waals surface area contributed by atoms with Crippen LogP contribution in [-0.4, -0.2) is 36.6 Å². The van der Waals surface area contributed by atoms with Gasteiger partial charge >= 0.3 is 5.97 Å². The summed E-state index contributed by atoms with van der Waals surface area (Å²) in [7, 11) is 0. The van der Waals surface area contributed by atoms with Crippen LogP contribution in [0.15, 0.2) is 0 Å². The maximum Gasteiger partial charge on any atom is 0.307 e. The predicted octanol–water partition coefficient (Wildman–Crippen LogP) is 1.81. The van der Waals surface area contributed by atoms with Gasteiger partial charge in [-0.3, -0.25) is 9.69 Å². The van der Waals surface area contributed by atoms with E-state index >= 15 is 0 Å². The summed E-state index contributed by atoms with van der Waals surface area (Å²) in [6.07, 6.45) is 4.15. The van der Waals surface area contributed by atoms with E-state index < -0.39 is 0 Å². The van der Waals surface area contributed by atoms with E-state index in [0.717, 1.165) is 19.5 Å². The third kappa shape index (κ3) is 3.29. The van der Waals surface area contributed by atoms with Gasteiger partial charge in [0, 0.05) is 6.04 Å². The SMILES string of the molecule is CCOC(=O)CC(CC)N1CCCC1. The summed E-state index contributed by atoms with van der Waals surface area (Å²) in [6.45, 7) is 6.79. The van der Waals surface area contributed by atoms with Crippen molar-refractivity contribution in [3.63, 3.8) is 0 Å². The Morgan fingerprint density at radius 2 is 2.00 bits per heavy atom. The molecule has 0 saturated carbocycles. The minimum atomic E-state index is -0.0498. The van der Waals surface area contributed by atoms with Crippen LogP contribution < -0.4 is 0 Å². The highest BCUT2D eigenvalue weighted by Crippen LogP contribution is 2.16. The van der Waals surface area contributed by atoms with Crippen molar-refractivity contribution < 1.29 is 9.53 Å². The summed E-state index contributed by atoms with van der Waals surface area (Å²) in [5, 5.41) is 0. The molecule has 0 spiro atoms. The summed E-state index contributed by atoms with van der Waals surface area (Å²) in [5.41, 5.74) is 0. The Hall–Kier alpha value is -0.570. The van der Waals surface area contributed by atoms with Gasteiger partial charge in [0.15, 0.2) is 0 Å². The van der Waals surface area contributed by atoms with Crippen LogP contribution in [0.1, 0.15) is 39.5 Å². The first-order valence-electron chi connectivity index (χ1n) is 5.67. The van der Waals surface area contributed by atoms with Crippen LogP contribution in [-0.2, 0) is 9.53 Å². The number of hydrogen-bond donors (Lipinski definition) is 0. The molecule has 1 aliphatic rings. The molecule has 1 heterocycles. The lowest BCUT2D eigenvalue weighted by Crippen LogP contribution is -2.34. The monoisotopic (exact) mass is 199 g/mol. The quantitative estimate of drug-likeness (QED) is 0.632. The van der Waals surface area contributed by atoms with Gasteiger partial charge in [-0.2, -0.15) is 0 Å². The van der Waals surface area contributed by atoms with Gasteiger partial charge in [-0.15, -0.1) is 0 Å². The second-order valence-electron chi connectivity index (χ2n) is 3.81. The fraction of sp³-hybridized carbons (Fsp3) is 0.909. The Morgan fingerprint density at radius 3 is 2.50 bits per heavy atom. The number of rotatable bonds is 5. The van der Waals surface area contributed by atoms with E-state index in [9.17, 15) is 4.79 Å². The first kappa shape index (κ1) is 11.5. The summed E-state index contributed by atoms with van der Waals surface area (Å²) >= 11 is 0. The molecule has 82 valence electrons. The topological polar surface area (TPSA) is 29.5 Å². The van der Waals surface area contributed by atoms with Gasteiger partial charge in [0.2, 0.25) is 0 Å². The third-order valence-electron chi connectivity index (χ3n) is 2.84. The van der Waals surface area contributed by atoms with E-state index in [2.05, 4.69) is 11.8 Å². The second-order valence-corrected chi connectivity index (χ2v) is 3.81. The third-order valence-corrected chi connectivity index (χ3v) is 2.84. The van der Waals surface area contributed by atoms with E-state index in [0.29, 0.717) is 19.1 Å². The fourth-order valence-corrected chi connectivity index (χ4v) is 2.05. The lowest BCUT2D eigenvalue weighted by atomic mass is 10.1. The molecule has 0 radical (unpaired) electrons. The molecule has 1 aliphatic heterocycles. The first-order valence-corrected chi connectivity index (χ1v) is 5.67. The number of carbonyl (C=O) groups excluding carboxylic acids is 1. The number of likely N-dealkylation sites (tertiary alicyclic amines) is 1. The van der Waals surface area contributed by atoms with Crippen molar-refractivity contribution in [3.05, 3.63) is 0 Å². The molecule has 1 saturated heterocycles. The smallest absolute Gasteiger partial charge is 0.307 e. The first-order chi connectivity index (χ1) is 6.77. The van der Waals surface area contributed by atoms with Crippen LogP contribution in [0.25, 0.3) is 0 Å². The number of hydrogen-bond acceptors (Lipinski definition) is 3. The summed E-state index contributed by atoms with van der Waals surface area (Å²) in [4.78, 5) is 13.7. The predicted molar refractivity (Wildman–Crippen MR) is 56.1 cm³/mol. The van der Waals surface area contributed by atoms with Gasteiger partial charge in [0.05, 0.1) is 13.0 Å². The molecule has 0 amide bonds. The molecule has 0 aromatic carbocycles. The number of carbonyl (C=O) groups is 1. The van der Waals surface area contributed by atoms with Crippen molar-refractivity contribution in [2.75, 3.05) is 19.7 Å². The number of esters is 1. The molecule has 0 N–H and O–H groups in total. The Bertz CT molecular complexity index is 176. The molecule has 0 aliphatic carbocycles. The summed E-state index contributed by atoms with van der Waals surface area (Å²) in [6, 6.07) is 0.400. The van der Waals surface area contributed by atoms with E-state index in [-0.39, 0.29) is 5.97 Å². The lowest BCUT2D eigenvalue weighted by molar-refractivity contribution is -0.144. The van der Waals surface area contributed by atoms with Crippen molar-refractivity contribution in [1.29, 1.82) is 0 Å². The molecule has 3 heteroatoms. The number of ether oxygens (including phenoxy) is 1. The van der Waals surface area contributed by atoms with Crippen molar-refractivity contribution in [3.8, 4) is 0 Å². The summed E-state index contributed by atoms with van der Waals surface area (Å²) < 4.78 is 4.97. The van der Waals surface area contributed by atoms with Gasteiger partial charge in [-0.25, -0.2) is 0 Å². The van der Waals surface area contributed by atoms with E-state index in [1.807, 2.05) is 6.92 Å². The maximum absolute atomic E-state index is 11.3. The standard InChI is InChI=1S/C11H21NO2/c1-3-10(9-11(13)14-4-2)12-7-5-6-8-12/h10H,3-9H2,1-2H3. The normalized spacial score (nSPS) is 19.6.